The van der Waals surface area contributed by atoms with E-state index in [9.17, 15) is 14.9 Å². The van der Waals surface area contributed by atoms with E-state index in [2.05, 4.69) is 0 Å². The van der Waals surface area contributed by atoms with Crippen molar-refractivity contribution < 1.29 is 14.8 Å². The molecule has 1 rings (SSSR count). The number of carboxylic acid groups (broad SMARTS) is 1. The molecule has 0 amide bonds. The van der Waals surface area contributed by atoms with Gasteiger partial charge < -0.3 is 10.8 Å². The van der Waals surface area contributed by atoms with E-state index in [4.69, 9.17) is 10.8 Å². The molecule has 0 spiro atoms. The molecular weight excluding hydrogens is 200 g/mol. The molecule has 0 aliphatic rings. The molecule has 3 N–H and O–H groups in total. The highest BCUT2D eigenvalue weighted by Gasteiger charge is 2.11. The van der Waals surface area contributed by atoms with Gasteiger partial charge >= 0.3 is 5.97 Å². The van der Waals surface area contributed by atoms with Crippen LogP contribution in [0.5, 0.6) is 0 Å². The molecule has 1 aromatic carbocycles. The van der Waals surface area contributed by atoms with E-state index < -0.39 is 10.9 Å². The Bertz CT molecular complexity index is 440. The van der Waals surface area contributed by atoms with E-state index in [-0.39, 0.29) is 11.3 Å². The van der Waals surface area contributed by atoms with Gasteiger partial charge in [0, 0.05) is 17.8 Å². The second kappa shape index (κ2) is 4.23. The zero-order valence-electron chi connectivity index (χ0n) is 7.58. The van der Waals surface area contributed by atoms with Crippen molar-refractivity contribution in [2.45, 2.75) is 0 Å². The van der Waals surface area contributed by atoms with Crippen molar-refractivity contribution in [3.05, 3.63) is 40.0 Å². The lowest BCUT2D eigenvalue weighted by molar-refractivity contribution is -0.385. The van der Waals surface area contributed by atoms with Crippen LogP contribution >= 0.6 is 0 Å². The summed E-state index contributed by atoms with van der Waals surface area (Å²) in [6.45, 7) is 0. The van der Waals surface area contributed by atoms with Gasteiger partial charge in [-0.05, 0) is 18.2 Å². The van der Waals surface area contributed by atoms with Crippen molar-refractivity contribution in [1.29, 1.82) is 0 Å². The first-order valence-electron chi connectivity index (χ1n) is 3.95. The van der Waals surface area contributed by atoms with Crippen LogP contribution in [0.2, 0.25) is 0 Å². The van der Waals surface area contributed by atoms with E-state index in [1.54, 1.807) is 0 Å². The lowest BCUT2D eigenvalue weighted by Gasteiger charge is -1.98. The summed E-state index contributed by atoms with van der Waals surface area (Å²) in [7, 11) is 0. The number of nitro benzene ring substituents is 1. The molecule has 0 aliphatic heterocycles. The first kappa shape index (κ1) is 10.7. The molecule has 0 bridgehead atoms. The number of nitrogen functional groups attached to an aromatic ring is 1. The topological polar surface area (TPSA) is 106 Å². The minimum Gasteiger partial charge on any atom is -0.478 e. The van der Waals surface area contributed by atoms with Gasteiger partial charge in [-0.15, -0.1) is 0 Å². The summed E-state index contributed by atoms with van der Waals surface area (Å²) in [6, 6.07) is 3.96. The highest BCUT2D eigenvalue weighted by atomic mass is 16.6. The Kier molecular flexibility index (Phi) is 3.02. The predicted molar refractivity (Wildman–Crippen MR) is 54.2 cm³/mol. The first-order valence-corrected chi connectivity index (χ1v) is 3.95. The van der Waals surface area contributed by atoms with Crippen LogP contribution in [0.15, 0.2) is 24.3 Å². The monoisotopic (exact) mass is 208 g/mol. The minimum atomic E-state index is -1.17. The third-order valence-electron chi connectivity index (χ3n) is 1.65. The molecule has 78 valence electrons. The van der Waals surface area contributed by atoms with Crippen molar-refractivity contribution in [2.24, 2.45) is 0 Å². The van der Waals surface area contributed by atoms with E-state index in [1.165, 1.54) is 18.2 Å². The molecule has 0 unspecified atom stereocenters. The number of carbonyl (C=O) groups is 1. The van der Waals surface area contributed by atoms with Crippen LogP contribution in [0.1, 0.15) is 5.56 Å². The van der Waals surface area contributed by atoms with Gasteiger partial charge in [-0.2, -0.15) is 0 Å². The van der Waals surface area contributed by atoms with Crippen LogP contribution in [0.3, 0.4) is 0 Å². The number of hydrogen-bond acceptors (Lipinski definition) is 4. The summed E-state index contributed by atoms with van der Waals surface area (Å²) in [5, 5.41) is 18.9. The fraction of sp³-hybridized carbons (Fsp3) is 0. The third kappa shape index (κ3) is 2.80. The lowest BCUT2D eigenvalue weighted by atomic mass is 10.1. The summed E-state index contributed by atoms with van der Waals surface area (Å²) in [5.41, 5.74) is 5.76. The van der Waals surface area contributed by atoms with Crippen LogP contribution in [0.4, 0.5) is 11.4 Å². The molecule has 0 radical (unpaired) electrons. The van der Waals surface area contributed by atoms with Crippen molar-refractivity contribution in [3.8, 4) is 0 Å². The Morgan fingerprint density at radius 3 is 2.73 bits per heavy atom. The molecule has 0 fully saturated rings. The number of nitrogens with zero attached hydrogens (tertiary/aromatic N) is 1. The molecule has 0 aromatic heterocycles. The average Bonchev–Trinajstić information content (AvgIpc) is 2.14. The van der Waals surface area contributed by atoms with Crippen LogP contribution in [-0.4, -0.2) is 16.0 Å². The number of rotatable bonds is 3. The molecule has 1 aromatic rings. The molecule has 6 nitrogen and oxygen atoms in total. The van der Waals surface area contributed by atoms with Gasteiger partial charge in [-0.25, -0.2) is 4.79 Å². The second-order valence-corrected chi connectivity index (χ2v) is 2.75. The van der Waals surface area contributed by atoms with Gasteiger partial charge in [0.1, 0.15) is 0 Å². The van der Waals surface area contributed by atoms with Gasteiger partial charge in [0.2, 0.25) is 0 Å². The average molecular weight is 208 g/mol. The maximum absolute atomic E-state index is 10.6. The number of benzene rings is 1. The van der Waals surface area contributed by atoms with Gasteiger partial charge in [0.25, 0.3) is 5.69 Å². The van der Waals surface area contributed by atoms with Gasteiger partial charge in [-0.3, -0.25) is 10.1 Å². The van der Waals surface area contributed by atoms with Crippen molar-refractivity contribution >= 4 is 23.4 Å². The van der Waals surface area contributed by atoms with Crippen LogP contribution in [-0.2, 0) is 4.79 Å². The predicted octanol–water partition coefficient (Wildman–Crippen LogP) is 1.27. The Labute approximate surface area is 84.8 Å². The smallest absolute Gasteiger partial charge is 0.328 e. The summed E-state index contributed by atoms with van der Waals surface area (Å²) in [4.78, 5) is 20.2. The zero-order valence-corrected chi connectivity index (χ0v) is 7.58. The van der Waals surface area contributed by atoms with Crippen molar-refractivity contribution in [2.75, 3.05) is 5.73 Å². The Hall–Kier alpha value is -2.37. The SMILES string of the molecule is Nc1ccc([N+](=O)[O-])c(C=CC(=O)O)c1. The minimum absolute atomic E-state index is 0.169. The van der Waals surface area contributed by atoms with Crippen LogP contribution in [0.25, 0.3) is 6.08 Å². The molecule has 0 atom stereocenters. The molecule has 0 saturated carbocycles. The van der Waals surface area contributed by atoms with E-state index >= 15 is 0 Å². The molecule has 0 heterocycles. The highest BCUT2D eigenvalue weighted by Crippen LogP contribution is 2.22. The number of nitro groups is 1. The molecule has 0 aliphatic carbocycles. The highest BCUT2D eigenvalue weighted by molar-refractivity contribution is 5.86. The largest absolute Gasteiger partial charge is 0.478 e. The summed E-state index contributed by atoms with van der Waals surface area (Å²) in [6.07, 6.45) is 1.96. The van der Waals surface area contributed by atoms with Crippen molar-refractivity contribution in [1.82, 2.24) is 0 Å². The Morgan fingerprint density at radius 2 is 2.20 bits per heavy atom. The number of aliphatic carboxylic acids is 1. The van der Waals surface area contributed by atoms with Gasteiger partial charge in [-0.1, -0.05) is 0 Å². The normalized spacial score (nSPS) is 10.4. The first-order chi connectivity index (χ1) is 7.00. The number of nitrogens with two attached hydrogens (primary N) is 1. The van der Waals surface area contributed by atoms with Gasteiger partial charge in [0.15, 0.2) is 0 Å². The van der Waals surface area contributed by atoms with E-state index in [0.29, 0.717) is 5.69 Å². The Balaban J connectivity index is 3.18. The quantitative estimate of drug-likeness (QED) is 0.336. The molecule has 6 heteroatoms. The van der Waals surface area contributed by atoms with E-state index in [0.717, 1.165) is 12.2 Å². The summed E-state index contributed by atoms with van der Waals surface area (Å²) in [5.74, 6) is -1.17. The Morgan fingerprint density at radius 1 is 1.53 bits per heavy atom. The molecule has 15 heavy (non-hydrogen) atoms. The second-order valence-electron chi connectivity index (χ2n) is 2.75. The van der Waals surface area contributed by atoms with Crippen molar-refractivity contribution in [3.63, 3.8) is 0 Å². The maximum atomic E-state index is 10.6. The number of anilines is 1. The standard InChI is InChI=1S/C9H8N2O4/c10-7-2-3-8(11(14)15)6(5-7)1-4-9(12)13/h1-5H,10H2,(H,12,13). The zero-order chi connectivity index (χ0) is 11.4. The van der Waals surface area contributed by atoms with Crippen LogP contribution in [0, 0.1) is 10.1 Å². The summed E-state index contributed by atoms with van der Waals surface area (Å²) < 4.78 is 0. The fourth-order valence-corrected chi connectivity index (χ4v) is 1.03. The number of hydrogen-bond donors (Lipinski definition) is 2. The van der Waals surface area contributed by atoms with Gasteiger partial charge in [0.05, 0.1) is 10.5 Å². The molecular formula is C9H8N2O4. The fourth-order valence-electron chi connectivity index (χ4n) is 1.03. The third-order valence-corrected chi connectivity index (χ3v) is 1.65. The molecule has 0 saturated heterocycles. The summed E-state index contributed by atoms with van der Waals surface area (Å²) >= 11 is 0. The number of carboxylic acids is 1. The maximum Gasteiger partial charge on any atom is 0.328 e. The van der Waals surface area contributed by atoms with Crippen LogP contribution < -0.4 is 5.73 Å². The van der Waals surface area contributed by atoms with E-state index in [1.807, 2.05) is 0 Å². The lowest BCUT2D eigenvalue weighted by Crippen LogP contribution is -1.94.